The van der Waals surface area contributed by atoms with Crippen LogP contribution in [-0.4, -0.2) is 17.1 Å². The highest BCUT2D eigenvalue weighted by Crippen LogP contribution is 2.31. The molecule has 2 heterocycles. The molecule has 0 radical (unpaired) electrons. The monoisotopic (exact) mass is 429 g/mol. The number of anilines is 1. The van der Waals surface area contributed by atoms with Gasteiger partial charge in [0.15, 0.2) is 5.13 Å². The standard InChI is InChI=1S/C24H19N3OS2/c1-28-19-10-11-20-22(13-19)30-24(27-20)25-14-16-6-5-9-18(12-16)23-26-21(15-29-23)17-7-3-2-4-8-17/h2-13,15H,14H2,1H3,(H,25,27). The van der Waals surface area contributed by atoms with Gasteiger partial charge in [-0.2, -0.15) is 0 Å². The van der Waals surface area contributed by atoms with Gasteiger partial charge in [0, 0.05) is 23.1 Å². The highest BCUT2D eigenvalue weighted by atomic mass is 32.1. The van der Waals surface area contributed by atoms with Crippen LogP contribution in [0.2, 0.25) is 0 Å². The molecule has 0 atom stereocenters. The lowest BCUT2D eigenvalue weighted by Crippen LogP contribution is -1.98. The molecule has 0 saturated heterocycles. The summed E-state index contributed by atoms with van der Waals surface area (Å²) >= 11 is 3.31. The minimum absolute atomic E-state index is 0.710. The van der Waals surface area contributed by atoms with Crippen LogP contribution in [0, 0.1) is 0 Å². The fraction of sp³-hybridized carbons (Fsp3) is 0.0833. The summed E-state index contributed by atoms with van der Waals surface area (Å²) in [5.74, 6) is 0.851. The van der Waals surface area contributed by atoms with Crippen molar-refractivity contribution in [1.29, 1.82) is 0 Å². The molecule has 0 aliphatic heterocycles. The second-order valence-electron chi connectivity index (χ2n) is 6.81. The van der Waals surface area contributed by atoms with Crippen molar-refractivity contribution in [2.75, 3.05) is 12.4 Å². The molecule has 6 heteroatoms. The molecular weight excluding hydrogens is 410 g/mol. The van der Waals surface area contributed by atoms with Gasteiger partial charge in [-0.3, -0.25) is 0 Å². The first-order valence-electron chi connectivity index (χ1n) is 9.57. The van der Waals surface area contributed by atoms with Crippen LogP contribution in [0.5, 0.6) is 5.75 Å². The van der Waals surface area contributed by atoms with Gasteiger partial charge in [-0.1, -0.05) is 59.9 Å². The van der Waals surface area contributed by atoms with E-state index >= 15 is 0 Å². The maximum atomic E-state index is 5.30. The maximum Gasteiger partial charge on any atom is 0.184 e. The quantitative estimate of drug-likeness (QED) is 0.326. The maximum absolute atomic E-state index is 5.30. The third-order valence-electron chi connectivity index (χ3n) is 4.79. The van der Waals surface area contributed by atoms with Gasteiger partial charge in [-0.15, -0.1) is 11.3 Å². The van der Waals surface area contributed by atoms with Crippen molar-refractivity contribution >= 4 is 38.0 Å². The van der Waals surface area contributed by atoms with E-state index in [1.54, 1.807) is 29.8 Å². The van der Waals surface area contributed by atoms with Gasteiger partial charge in [0.2, 0.25) is 0 Å². The van der Waals surface area contributed by atoms with Gasteiger partial charge in [-0.05, 0) is 29.8 Å². The molecule has 4 nitrogen and oxygen atoms in total. The van der Waals surface area contributed by atoms with Gasteiger partial charge in [0.1, 0.15) is 10.8 Å². The molecule has 2 aromatic heterocycles. The molecule has 0 aliphatic carbocycles. The summed E-state index contributed by atoms with van der Waals surface area (Å²) in [6.07, 6.45) is 0. The van der Waals surface area contributed by atoms with Crippen LogP contribution < -0.4 is 10.1 Å². The summed E-state index contributed by atoms with van der Waals surface area (Å²) < 4.78 is 6.41. The summed E-state index contributed by atoms with van der Waals surface area (Å²) in [5, 5.41) is 7.50. The van der Waals surface area contributed by atoms with E-state index in [4.69, 9.17) is 9.72 Å². The molecule has 0 amide bonds. The SMILES string of the molecule is COc1ccc2nc(NCc3cccc(-c4nc(-c5ccccc5)cs4)c3)sc2c1. The predicted molar refractivity (Wildman–Crippen MR) is 126 cm³/mol. The van der Waals surface area contributed by atoms with Gasteiger partial charge in [-0.25, -0.2) is 9.97 Å². The number of hydrogen-bond acceptors (Lipinski definition) is 6. The smallest absolute Gasteiger partial charge is 0.184 e. The number of rotatable bonds is 6. The molecule has 30 heavy (non-hydrogen) atoms. The summed E-state index contributed by atoms with van der Waals surface area (Å²) in [7, 11) is 1.68. The van der Waals surface area contributed by atoms with Crippen molar-refractivity contribution in [2.24, 2.45) is 0 Å². The van der Waals surface area contributed by atoms with Crippen molar-refractivity contribution in [3.8, 4) is 27.6 Å². The van der Waals surface area contributed by atoms with Crippen LogP contribution in [0.1, 0.15) is 5.56 Å². The van der Waals surface area contributed by atoms with Crippen LogP contribution in [0.15, 0.2) is 78.2 Å². The third-order valence-corrected chi connectivity index (χ3v) is 6.65. The second kappa shape index (κ2) is 8.26. The lowest BCUT2D eigenvalue weighted by Gasteiger charge is -2.04. The van der Waals surface area contributed by atoms with Crippen molar-refractivity contribution < 1.29 is 4.74 Å². The van der Waals surface area contributed by atoms with Crippen LogP contribution >= 0.6 is 22.7 Å². The molecule has 0 aliphatic rings. The molecule has 0 fully saturated rings. The largest absolute Gasteiger partial charge is 0.497 e. The predicted octanol–water partition coefficient (Wildman–Crippen LogP) is 6.71. The van der Waals surface area contributed by atoms with Gasteiger partial charge >= 0.3 is 0 Å². The Balaban J connectivity index is 1.32. The highest BCUT2D eigenvalue weighted by molar-refractivity contribution is 7.22. The Bertz CT molecular complexity index is 1290. The Labute approximate surface area is 182 Å². The highest BCUT2D eigenvalue weighted by Gasteiger charge is 2.08. The number of benzene rings is 3. The molecule has 0 unspecified atom stereocenters. The van der Waals surface area contributed by atoms with E-state index in [9.17, 15) is 0 Å². The summed E-state index contributed by atoms with van der Waals surface area (Å²) in [6, 6.07) is 24.7. The Morgan fingerprint density at radius 2 is 1.77 bits per heavy atom. The third kappa shape index (κ3) is 3.92. The van der Waals surface area contributed by atoms with Gasteiger partial charge in [0.05, 0.1) is 23.0 Å². The molecule has 0 spiro atoms. The van der Waals surface area contributed by atoms with E-state index in [2.05, 4.69) is 52.1 Å². The van der Waals surface area contributed by atoms with E-state index < -0.39 is 0 Å². The second-order valence-corrected chi connectivity index (χ2v) is 8.70. The number of aromatic nitrogens is 2. The molecule has 0 saturated carbocycles. The summed E-state index contributed by atoms with van der Waals surface area (Å²) in [5.41, 5.74) is 5.47. The topological polar surface area (TPSA) is 47.0 Å². The van der Waals surface area contributed by atoms with E-state index in [1.165, 1.54) is 5.56 Å². The Morgan fingerprint density at radius 1 is 0.900 bits per heavy atom. The number of nitrogens with zero attached hydrogens (tertiary/aromatic N) is 2. The lowest BCUT2D eigenvalue weighted by molar-refractivity contribution is 0.415. The van der Waals surface area contributed by atoms with Crippen LogP contribution in [0.25, 0.3) is 32.0 Å². The van der Waals surface area contributed by atoms with Gasteiger partial charge in [0.25, 0.3) is 0 Å². The molecule has 1 N–H and O–H groups in total. The van der Waals surface area contributed by atoms with Crippen LogP contribution in [0.3, 0.4) is 0 Å². The zero-order valence-corrected chi connectivity index (χ0v) is 18.0. The first-order valence-corrected chi connectivity index (χ1v) is 11.3. The van der Waals surface area contributed by atoms with Crippen molar-refractivity contribution in [1.82, 2.24) is 9.97 Å². The number of ether oxygens (including phenoxy) is 1. The normalized spacial score (nSPS) is 11.0. The molecule has 0 bridgehead atoms. The lowest BCUT2D eigenvalue weighted by atomic mass is 10.1. The van der Waals surface area contributed by atoms with Crippen LogP contribution in [0.4, 0.5) is 5.13 Å². The first-order chi connectivity index (χ1) is 14.8. The van der Waals surface area contributed by atoms with Crippen molar-refractivity contribution in [3.05, 3.63) is 83.7 Å². The van der Waals surface area contributed by atoms with Gasteiger partial charge < -0.3 is 10.1 Å². The van der Waals surface area contributed by atoms with Crippen molar-refractivity contribution in [3.63, 3.8) is 0 Å². The number of hydrogen-bond donors (Lipinski definition) is 1. The Kier molecular flexibility index (Phi) is 5.17. The van der Waals surface area contributed by atoms with Crippen molar-refractivity contribution in [2.45, 2.75) is 6.54 Å². The van der Waals surface area contributed by atoms with E-state index in [0.29, 0.717) is 6.54 Å². The Hall–Kier alpha value is -3.22. The minimum atomic E-state index is 0.710. The number of fused-ring (bicyclic) bond motifs is 1. The Morgan fingerprint density at radius 3 is 2.63 bits per heavy atom. The molecule has 5 rings (SSSR count). The fourth-order valence-electron chi connectivity index (χ4n) is 3.25. The number of methoxy groups -OCH3 is 1. The molecule has 3 aromatic carbocycles. The fourth-order valence-corrected chi connectivity index (χ4v) is 4.96. The average molecular weight is 430 g/mol. The summed E-state index contributed by atoms with van der Waals surface area (Å²) in [4.78, 5) is 9.49. The molecular formula is C24H19N3OS2. The number of nitrogens with one attached hydrogen (secondary N) is 1. The average Bonchev–Trinajstić information content (AvgIpc) is 3.45. The first kappa shape index (κ1) is 18.8. The molecule has 148 valence electrons. The summed E-state index contributed by atoms with van der Waals surface area (Å²) in [6.45, 7) is 0.710. The van der Waals surface area contributed by atoms with E-state index in [1.807, 2.05) is 36.4 Å². The number of thiazole rings is 2. The molecule has 5 aromatic rings. The van der Waals surface area contributed by atoms with E-state index in [0.717, 1.165) is 42.9 Å². The zero-order chi connectivity index (χ0) is 20.3. The zero-order valence-electron chi connectivity index (χ0n) is 16.3. The van der Waals surface area contributed by atoms with Crippen LogP contribution in [-0.2, 0) is 6.54 Å². The minimum Gasteiger partial charge on any atom is -0.497 e. The van der Waals surface area contributed by atoms with E-state index in [-0.39, 0.29) is 0 Å².